The van der Waals surface area contributed by atoms with Gasteiger partial charge in [0.1, 0.15) is 5.82 Å². The molecule has 1 aromatic carbocycles. The summed E-state index contributed by atoms with van der Waals surface area (Å²) in [6, 6.07) is 2.56. The van der Waals surface area contributed by atoms with Gasteiger partial charge in [-0.2, -0.15) is 0 Å². The number of hydrogen-bond donors (Lipinski definition) is 0. The third-order valence-corrected chi connectivity index (χ3v) is 1.93. The van der Waals surface area contributed by atoms with Gasteiger partial charge in [0.25, 0.3) is 0 Å². The molecule has 0 heterocycles. The number of benzene rings is 1. The molecule has 0 aliphatic heterocycles. The molecule has 0 radical (unpaired) electrons. The number of esters is 1. The maximum absolute atomic E-state index is 12.8. The van der Waals surface area contributed by atoms with Gasteiger partial charge in [-0.25, -0.2) is 9.18 Å². The Kier molecular flexibility index (Phi) is 6.93. The molecule has 0 unspecified atom stereocenters. The molecule has 0 amide bonds. The second-order valence-electron chi connectivity index (χ2n) is 3.21. The van der Waals surface area contributed by atoms with E-state index in [9.17, 15) is 22.1 Å². The van der Waals surface area contributed by atoms with Crippen molar-refractivity contribution in [2.45, 2.75) is 6.32 Å². The molecule has 0 saturated carbocycles. The fraction of sp³-hybridized carbons (Fsp3) is 0.222. The summed E-state index contributed by atoms with van der Waals surface area (Å²) in [7, 11) is 1.02. The number of halogens is 4. The smallest absolute Gasteiger partial charge is 0.465 e. The predicted octanol–water partition coefficient (Wildman–Crippen LogP) is -0.455. The molecule has 0 N–H and O–H groups in total. The summed E-state index contributed by atoms with van der Waals surface area (Å²) < 4.78 is 53.7. The van der Waals surface area contributed by atoms with E-state index in [0.717, 1.165) is 25.3 Å². The van der Waals surface area contributed by atoms with Gasteiger partial charge in [-0.3, -0.25) is 0 Å². The monoisotopic (exact) mass is 274 g/mol. The van der Waals surface area contributed by atoms with Crippen molar-refractivity contribution in [1.82, 2.24) is 0 Å². The largest absolute Gasteiger partial charge is 1.00 e. The second kappa shape index (κ2) is 6.89. The first-order valence-corrected chi connectivity index (χ1v) is 4.41. The Morgan fingerprint density at radius 2 is 1.94 bits per heavy atom. The van der Waals surface area contributed by atoms with Crippen molar-refractivity contribution in [3.63, 3.8) is 0 Å². The van der Waals surface area contributed by atoms with Crippen molar-refractivity contribution in [3.05, 3.63) is 35.1 Å². The molecule has 0 aliphatic carbocycles. The van der Waals surface area contributed by atoms with Crippen molar-refractivity contribution in [2.75, 3.05) is 7.11 Å². The molecule has 0 bridgehead atoms. The third kappa shape index (κ3) is 5.52. The van der Waals surface area contributed by atoms with Crippen LogP contribution in [0.5, 0.6) is 0 Å². The van der Waals surface area contributed by atoms with Crippen LogP contribution in [0.1, 0.15) is 15.9 Å². The van der Waals surface area contributed by atoms with Crippen LogP contribution in [0, 0.1) is 5.82 Å². The maximum atomic E-state index is 12.8. The van der Waals surface area contributed by atoms with Crippen LogP contribution >= 0.6 is 0 Å². The summed E-state index contributed by atoms with van der Waals surface area (Å²) in [6.45, 7) is -5.08. The van der Waals surface area contributed by atoms with Gasteiger partial charge in [0, 0.05) is 0 Å². The van der Waals surface area contributed by atoms with Crippen LogP contribution in [0.3, 0.4) is 0 Å². The van der Waals surface area contributed by atoms with E-state index in [4.69, 9.17) is 0 Å². The Balaban J connectivity index is 0.00000256. The number of carbonyl (C=O) groups excluding carboxylic acids is 1. The molecule has 0 saturated heterocycles. The molecule has 0 fully saturated rings. The quantitative estimate of drug-likeness (QED) is 0.424. The average Bonchev–Trinajstić information content (AvgIpc) is 2.17. The van der Waals surface area contributed by atoms with Gasteiger partial charge in [-0.15, -0.1) is 0 Å². The van der Waals surface area contributed by atoms with Gasteiger partial charge < -0.3 is 17.7 Å². The summed E-state index contributed by atoms with van der Waals surface area (Å²) >= 11 is 0. The first kappa shape index (κ1) is 17.1. The fourth-order valence-electron chi connectivity index (χ4n) is 1.28. The molecule has 1 rings (SSSR count). The zero-order valence-electron chi connectivity index (χ0n) is 9.34. The normalized spacial score (nSPS) is 10.6. The van der Waals surface area contributed by atoms with E-state index in [1.165, 1.54) is 0 Å². The molecule has 2 nitrogen and oxygen atoms in total. The van der Waals surface area contributed by atoms with Gasteiger partial charge in [-0.05, 0) is 12.1 Å². The molecule has 88 valence electrons. The molecule has 17 heavy (non-hydrogen) atoms. The molecular weight excluding hydrogens is 266 g/mol. The molecular formula is C9H8BF4KO2. The zero-order chi connectivity index (χ0) is 12.3. The molecule has 1 aromatic rings. The average molecular weight is 274 g/mol. The van der Waals surface area contributed by atoms with Crippen LogP contribution in [0.4, 0.5) is 17.3 Å². The van der Waals surface area contributed by atoms with Crippen LogP contribution in [-0.2, 0) is 11.1 Å². The standard InChI is InChI=1S/C9H8BF4O2.K/c1-16-9(15)8-4-7(11)3-2-6(8)5-10(12,13)14;/h2-4H,5H2,1H3;/q-1;+1. The Hall–Kier alpha value is 0.111. The van der Waals surface area contributed by atoms with Gasteiger partial charge >= 0.3 is 64.3 Å². The van der Waals surface area contributed by atoms with E-state index in [1.54, 1.807) is 0 Å². The van der Waals surface area contributed by atoms with Crippen molar-refractivity contribution < 1.29 is 78.3 Å². The van der Waals surface area contributed by atoms with Crippen molar-refractivity contribution >= 4 is 12.9 Å². The Morgan fingerprint density at radius 1 is 1.35 bits per heavy atom. The van der Waals surface area contributed by atoms with Gasteiger partial charge in [0.05, 0.1) is 12.7 Å². The van der Waals surface area contributed by atoms with Crippen LogP contribution in [0.15, 0.2) is 18.2 Å². The van der Waals surface area contributed by atoms with E-state index in [1.807, 2.05) is 0 Å². The number of hydrogen-bond acceptors (Lipinski definition) is 2. The van der Waals surface area contributed by atoms with E-state index in [-0.39, 0.29) is 62.5 Å². The van der Waals surface area contributed by atoms with E-state index >= 15 is 0 Å². The number of methoxy groups -OCH3 is 1. The zero-order valence-corrected chi connectivity index (χ0v) is 12.5. The van der Waals surface area contributed by atoms with E-state index in [0.29, 0.717) is 0 Å². The number of ether oxygens (including phenoxy) is 1. The first-order valence-electron chi connectivity index (χ1n) is 4.41. The number of carbonyl (C=O) groups is 1. The first-order chi connectivity index (χ1) is 7.33. The molecule has 8 heteroatoms. The predicted molar refractivity (Wildman–Crippen MR) is 50.5 cm³/mol. The van der Waals surface area contributed by atoms with Gasteiger partial charge in [0.15, 0.2) is 0 Å². The topological polar surface area (TPSA) is 26.3 Å². The van der Waals surface area contributed by atoms with Crippen LogP contribution in [0.25, 0.3) is 0 Å². The summed E-state index contributed by atoms with van der Waals surface area (Å²) in [5, 5.41) is 0. The Labute approximate surface area is 138 Å². The van der Waals surface area contributed by atoms with Gasteiger partial charge in [0.2, 0.25) is 0 Å². The van der Waals surface area contributed by atoms with E-state index in [2.05, 4.69) is 4.74 Å². The summed E-state index contributed by atoms with van der Waals surface area (Å²) in [5.74, 6) is -1.76. The van der Waals surface area contributed by atoms with Gasteiger partial charge in [-0.1, -0.05) is 17.9 Å². The summed E-state index contributed by atoms with van der Waals surface area (Å²) in [5.41, 5.74) is -0.664. The van der Waals surface area contributed by atoms with Crippen molar-refractivity contribution in [1.29, 1.82) is 0 Å². The Bertz CT molecular complexity index is 408. The van der Waals surface area contributed by atoms with Crippen molar-refractivity contribution in [2.24, 2.45) is 0 Å². The van der Waals surface area contributed by atoms with Crippen LogP contribution in [-0.4, -0.2) is 20.1 Å². The molecule has 0 aliphatic rings. The maximum Gasteiger partial charge on any atom is 1.00 e. The fourth-order valence-corrected chi connectivity index (χ4v) is 1.28. The van der Waals surface area contributed by atoms with E-state index < -0.39 is 25.1 Å². The minimum Gasteiger partial charge on any atom is -0.465 e. The van der Waals surface area contributed by atoms with Crippen molar-refractivity contribution in [3.8, 4) is 0 Å². The summed E-state index contributed by atoms with van der Waals surface area (Å²) in [6.07, 6.45) is -1.23. The molecule has 0 atom stereocenters. The third-order valence-electron chi connectivity index (χ3n) is 1.93. The summed E-state index contributed by atoms with van der Waals surface area (Å²) in [4.78, 5) is 11.1. The minimum atomic E-state index is -5.08. The SMILES string of the molecule is COC(=O)c1cc(F)ccc1C[B-](F)(F)F.[K+]. The van der Waals surface area contributed by atoms with Crippen LogP contribution < -0.4 is 51.4 Å². The minimum absolute atomic E-state index is 0. The number of rotatable bonds is 3. The molecule has 0 spiro atoms. The Morgan fingerprint density at radius 3 is 2.41 bits per heavy atom. The molecule has 0 aromatic heterocycles. The van der Waals surface area contributed by atoms with Crippen LogP contribution in [0.2, 0.25) is 0 Å². The second-order valence-corrected chi connectivity index (χ2v) is 3.21.